The van der Waals surface area contributed by atoms with Gasteiger partial charge in [-0.05, 0) is 157 Å². The number of hydrogen-bond donors (Lipinski definition) is 0. The highest BCUT2D eigenvalue weighted by Crippen LogP contribution is 2.50. The van der Waals surface area contributed by atoms with Crippen molar-refractivity contribution in [2.75, 3.05) is 9.80 Å². The first kappa shape index (κ1) is 65.3. The van der Waals surface area contributed by atoms with Crippen molar-refractivity contribution in [3.8, 4) is 130 Å². The van der Waals surface area contributed by atoms with Gasteiger partial charge in [-0.15, -0.1) is 0 Å². The second-order valence-corrected chi connectivity index (χ2v) is 28.5. The maximum Gasteiger partial charge on any atom is 0.252 e. The van der Waals surface area contributed by atoms with Crippen LogP contribution in [-0.2, 0) is 0 Å². The van der Waals surface area contributed by atoms with Crippen LogP contribution >= 0.6 is 0 Å². The van der Waals surface area contributed by atoms with Crippen molar-refractivity contribution in [2.45, 2.75) is 0 Å². The van der Waals surface area contributed by atoms with Crippen LogP contribution in [0.25, 0.3) is 151 Å². The number of anilines is 6. The molecule has 0 amide bonds. The molecule has 0 radical (unpaired) electrons. The second-order valence-electron chi connectivity index (χ2n) is 28.5. The molecule has 0 atom stereocenters. The Morgan fingerprint density at radius 1 is 0.196 bits per heavy atom. The van der Waals surface area contributed by atoms with E-state index in [0.717, 1.165) is 151 Å². The highest BCUT2D eigenvalue weighted by Gasteiger charge is 2.44. The van der Waals surface area contributed by atoms with Crippen LogP contribution in [0.5, 0.6) is 0 Å². The van der Waals surface area contributed by atoms with Crippen LogP contribution in [0.4, 0.5) is 34.1 Å². The summed E-state index contributed by atoms with van der Waals surface area (Å²) in [4.78, 5) is 37.5. The number of para-hydroxylation sites is 3. The fraction of sp³-hybridized carbons (Fsp3) is 0. The largest absolute Gasteiger partial charge is 0.311 e. The molecule has 522 valence electrons. The van der Waals surface area contributed by atoms with Crippen LogP contribution in [0.1, 0.15) is 0 Å². The molecule has 0 bridgehead atoms. The van der Waals surface area contributed by atoms with E-state index in [9.17, 15) is 0 Å². The van der Waals surface area contributed by atoms with E-state index in [1.54, 1.807) is 0 Å². The van der Waals surface area contributed by atoms with Crippen LogP contribution < -0.4 is 26.2 Å². The zero-order chi connectivity index (χ0) is 74.0. The van der Waals surface area contributed by atoms with Crippen LogP contribution in [0.2, 0.25) is 0 Å². The summed E-state index contributed by atoms with van der Waals surface area (Å²) in [6.07, 6.45) is 0. The fourth-order valence-electron chi connectivity index (χ4n) is 16.7. The van der Waals surface area contributed by atoms with Crippen molar-refractivity contribution in [2.24, 2.45) is 0 Å². The molecular formula is C102H66BN9. The van der Waals surface area contributed by atoms with Gasteiger partial charge in [0.2, 0.25) is 0 Å². The molecule has 0 unspecified atom stereocenters. The van der Waals surface area contributed by atoms with Crippen LogP contribution in [0.3, 0.4) is 0 Å². The van der Waals surface area contributed by atoms with Crippen molar-refractivity contribution in [1.82, 2.24) is 34.5 Å². The summed E-state index contributed by atoms with van der Waals surface area (Å²) in [5, 5.41) is 2.13. The summed E-state index contributed by atoms with van der Waals surface area (Å²) < 4.78 is 2.38. The second kappa shape index (κ2) is 27.7. The minimum atomic E-state index is -0.134. The van der Waals surface area contributed by atoms with Gasteiger partial charge in [0, 0.05) is 72.7 Å². The summed E-state index contributed by atoms with van der Waals surface area (Å²) in [6.45, 7) is -0.134. The molecule has 21 rings (SSSR count). The average molecular weight is 1430 g/mol. The first-order valence-corrected chi connectivity index (χ1v) is 37.9. The van der Waals surface area contributed by atoms with Gasteiger partial charge in [0.15, 0.2) is 34.9 Å². The van der Waals surface area contributed by atoms with Crippen molar-refractivity contribution in [3.05, 3.63) is 400 Å². The molecule has 10 heteroatoms. The average Bonchev–Trinajstić information content (AvgIpc) is 0.769. The molecule has 0 aliphatic carbocycles. The molecule has 0 fully saturated rings. The van der Waals surface area contributed by atoms with E-state index in [2.05, 4.69) is 318 Å². The molecule has 16 aromatic carbocycles. The Hall–Kier alpha value is -15.0. The lowest BCUT2D eigenvalue weighted by Gasteiger charge is -2.44. The molecule has 0 saturated carbocycles. The molecule has 0 spiro atoms. The molecule has 2 aliphatic rings. The number of nitrogens with zero attached hydrogens (tertiary/aromatic N) is 9. The van der Waals surface area contributed by atoms with Crippen LogP contribution in [0.15, 0.2) is 400 Å². The van der Waals surface area contributed by atoms with Gasteiger partial charge in [-0.2, -0.15) is 0 Å². The topological polar surface area (TPSA) is 88.8 Å². The Morgan fingerprint density at radius 3 is 0.946 bits per heavy atom. The normalized spacial score (nSPS) is 12.1. The van der Waals surface area contributed by atoms with Crippen molar-refractivity contribution in [3.63, 3.8) is 0 Å². The van der Waals surface area contributed by atoms with Gasteiger partial charge in [-0.1, -0.05) is 315 Å². The number of rotatable bonds is 14. The predicted molar refractivity (Wildman–Crippen MR) is 461 cm³/mol. The Balaban J connectivity index is 0.832. The molecule has 0 N–H and O–H groups in total. The van der Waals surface area contributed by atoms with E-state index in [1.165, 1.54) is 16.4 Å². The molecule has 112 heavy (non-hydrogen) atoms. The maximum atomic E-state index is 5.54. The fourth-order valence-corrected chi connectivity index (χ4v) is 16.7. The van der Waals surface area contributed by atoms with E-state index in [4.69, 9.17) is 29.9 Å². The standard InChI is InChI=1S/C102H66BN9/c1-9-32-67(33-10-1)76-58-77(68-34-11-2-12-35-68)61-81(60-76)110-90-53-29-26-50-86(90)103-87-51-27-30-54-91(87)111(82-62-78(69-36-13-3-14-37-69)59-79(63-82)70-38-15-4-16-39-70)94-66-80(65-93(110)96(94)103)75-56-57-89-85(64-75)83-48-25-28-52-88(83)112(89)92-55-31-49-84(101-106-97(71-40-17-5-18-41-71)104-98(107-101)72-42-19-6-20-43-72)95(92)102-108-99(73-44-21-7-22-45-73)105-100(109-102)74-46-23-8-24-47-74/h1-66H. The van der Waals surface area contributed by atoms with Crippen molar-refractivity contribution >= 4 is 79.0 Å². The third-order valence-electron chi connectivity index (χ3n) is 21.8. The summed E-state index contributed by atoms with van der Waals surface area (Å²) in [7, 11) is 0. The van der Waals surface area contributed by atoms with Crippen molar-refractivity contribution < 1.29 is 0 Å². The predicted octanol–water partition coefficient (Wildman–Crippen LogP) is 23.6. The molecule has 0 saturated heterocycles. The third-order valence-corrected chi connectivity index (χ3v) is 21.8. The Bertz CT molecular complexity index is 6380. The first-order chi connectivity index (χ1) is 55.5. The smallest absolute Gasteiger partial charge is 0.252 e. The molecular weight excluding hydrogens is 1360 g/mol. The molecule has 5 heterocycles. The molecule has 19 aromatic rings. The minimum Gasteiger partial charge on any atom is -0.311 e. The Labute approximate surface area is 649 Å². The van der Waals surface area contributed by atoms with E-state index in [-0.39, 0.29) is 6.71 Å². The maximum absolute atomic E-state index is 5.54. The lowest BCUT2D eigenvalue weighted by molar-refractivity contribution is 1.05. The number of hydrogen-bond acceptors (Lipinski definition) is 8. The van der Waals surface area contributed by atoms with E-state index < -0.39 is 0 Å². The molecule has 3 aromatic heterocycles. The summed E-state index contributed by atoms with van der Waals surface area (Å²) in [6, 6.07) is 143. The molecule has 2 aliphatic heterocycles. The van der Waals surface area contributed by atoms with Crippen LogP contribution in [0, 0.1) is 0 Å². The lowest BCUT2D eigenvalue weighted by Crippen LogP contribution is -2.61. The van der Waals surface area contributed by atoms with Gasteiger partial charge in [-0.25, -0.2) is 29.9 Å². The van der Waals surface area contributed by atoms with E-state index in [1.807, 2.05) is 97.1 Å². The quantitative estimate of drug-likeness (QED) is 0.0995. The highest BCUT2D eigenvalue weighted by atomic mass is 15.2. The zero-order valence-corrected chi connectivity index (χ0v) is 60.7. The van der Waals surface area contributed by atoms with E-state index >= 15 is 0 Å². The molecule has 9 nitrogen and oxygen atoms in total. The minimum absolute atomic E-state index is 0.134. The SMILES string of the molecule is c1ccc(-c2cc(-c3ccccc3)cc(N3c4ccccc4B4c5ccccc5N(c5cc(-c6ccccc6)cc(-c6ccccc6)c5)c5cc(-c6ccc7c(c6)c6ccccc6n7-c6cccc(-c7nc(-c8ccccc8)nc(-c8ccccc8)n7)c6-c6nc(-c7ccccc7)nc(-c7ccccc7)n6)cc3c54)c2)cc1. The van der Waals surface area contributed by atoms with Crippen molar-refractivity contribution in [1.29, 1.82) is 0 Å². The van der Waals surface area contributed by atoms with E-state index in [0.29, 0.717) is 34.9 Å². The van der Waals surface area contributed by atoms with Crippen LogP contribution in [-0.4, -0.2) is 41.2 Å². The number of benzene rings is 16. The Kier molecular flexibility index (Phi) is 16.1. The number of aromatic nitrogens is 7. The lowest BCUT2D eigenvalue weighted by atomic mass is 9.33. The summed E-state index contributed by atoms with van der Waals surface area (Å²) in [5.41, 5.74) is 29.1. The van der Waals surface area contributed by atoms with Gasteiger partial charge >= 0.3 is 0 Å². The summed E-state index contributed by atoms with van der Waals surface area (Å²) in [5.74, 6) is 3.06. The monoisotopic (exact) mass is 1430 g/mol. The van der Waals surface area contributed by atoms with Gasteiger partial charge < -0.3 is 14.4 Å². The Morgan fingerprint density at radius 2 is 0.527 bits per heavy atom. The zero-order valence-electron chi connectivity index (χ0n) is 60.7. The van der Waals surface area contributed by atoms with Gasteiger partial charge in [0.25, 0.3) is 6.71 Å². The van der Waals surface area contributed by atoms with Gasteiger partial charge in [0.1, 0.15) is 0 Å². The van der Waals surface area contributed by atoms with Gasteiger partial charge in [0.05, 0.1) is 22.3 Å². The van der Waals surface area contributed by atoms with Gasteiger partial charge in [-0.3, -0.25) is 0 Å². The highest BCUT2D eigenvalue weighted by molar-refractivity contribution is 7.00. The summed E-state index contributed by atoms with van der Waals surface area (Å²) >= 11 is 0. The first-order valence-electron chi connectivity index (χ1n) is 37.9. The number of fused-ring (bicyclic) bond motifs is 7. The third kappa shape index (κ3) is 11.6.